The second-order valence-corrected chi connectivity index (χ2v) is 7.42. The van der Waals surface area contributed by atoms with Gasteiger partial charge in [0, 0.05) is 6.20 Å². The van der Waals surface area contributed by atoms with Gasteiger partial charge in [-0.1, -0.05) is 59.8 Å². The summed E-state index contributed by atoms with van der Waals surface area (Å²) in [6.07, 6.45) is 1.59. The van der Waals surface area contributed by atoms with Gasteiger partial charge in [-0.3, -0.25) is 4.79 Å². The summed E-state index contributed by atoms with van der Waals surface area (Å²) in [5, 5.41) is 9.05. The number of nitrogens with two attached hydrogens (primary N) is 1. The fourth-order valence-corrected chi connectivity index (χ4v) is 3.32. The molecule has 1 atom stereocenters. The summed E-state index contributed by atoms with van der Waals surface area (Å²) in [6.45, 7) is 1.65. The number of benzene rings is 3. The van der Waals surface area contributed by atoms with Crippen molar-refractivity contribution in [2.75, 3.05) is 6.61 Å². The van der Waals surface area contributed by atoms with Gasteiger partial charge in [0.15, 0.2) is 12.4 Å². The van der Waals surface area contributed by atoms with Crippen LogP contribution in [0.3, 0.4) is 0 Å². The Labute approximate surface area is 191 Å². The number of amides is 1. The van der Waals surface area contributed by atoms with Crippen molar-refractivity contribution in [3.05, 3.63) is 102 Å². The highest BCUT2D eigenvalue weighted by Gasteiger charge is 2.13. The number of fused-ring (bicyclic) bond motifs is 1. The maximum absolute atomic E-state index is 12.3. The first-order valence-corrected chi connectivity index (χ1v) is 10.5. The standard InChI is InChI=1S/C26H24N4O3/c1-18(20-14-13-19-8-5-6-9-21(19)16-20)29-24(31)17-32-30-25(27)23-12-7-15-28-26(23)33-22-10-3-2-4-11-22/h2-16,18H,17H2,1H3,(H2,27,30)(H,29,31). The van der Waals surface area contributed by atoms with Crippen LogP contribution in [0.5, 0.6) is 11.6 Å². The number of carbonyl (C=O) groups is 1. The molecule has 33 heavy (non-hydrogen) atoms. The van der Waals surface area contributed by atoms with Crippen LogP contribution in [0.1, 0.15) is 24.1 Å². The van der Waals surface area contributed by atoms with E-state index in [2.05, 4.69) is 27.6 Å². The van der Waals surface area contributed by atoms with Crippen LogP contribution < -0.4 is 15.8 Å². The molecule has 0 saturated heterocycles. The molecule has 1 heterocycles. The van der Waals surface area contributed by atoms with Gasteiger partial charge in [0.25, 0.3) is 5.91 Å². The van der Waals surface area contributed by atoms with E-state index in [0.717, 1.165) is 16.3 Å². The summed E-state index contributed by atoms with van der Waals surface area (Å²) >= 11 is 0. The highest BCUT2D eigenvalue weighted by molar-refractivity contribution is 5.99. The second kappa shape index (κ2) is 10.3. The number of hydrogen-bond acceptors (Lipinski definition) is 5. The average Bonchev–Trinajstić information content (AvgIpc) is 2.84. The lowest BCUT2D eigenvalue weighted by Gasteiger charge is -2.15. The maximum atomic E-state index is 12.3. The van der Waals surface area contributed by atoms with Crippen molar-refractivity contribution in [1.29, 1.82) is 0 Å². The van der Waals surface area contributed by atoms with Crippen molar-refractivity contribution < 1.29 is 14.4 Å². The number of nitrogens with zero attached hydrogens (tertiary/aromatic N) is 2. The molecule has 0 saturated carbocycles. The van der Waals surface area contributed by atoms with Gasteiger partial charge >= 0.3 is 0 Å². The first-order valence-electron chi connectivity index (χ1n) is 10.5. The molecule has 1 amide bonds. The molecule has 1 unspecified atom stereocenters. The number of aromatic nitrogens is 1. The zero-order valence-electron chi connectivity index (χ0n) is 18.1. The van der Waals surface area contributed by atoms with Gasteiger partial charge in [-0.2, -0.15) is 0 Å². The molecule has 0 bridgehead atoms. The van der Waals surface area contributed by atoms with Crippen LogP contribution in [-0.2, 0) is 9.63 Å². The molecule has 7 heteroatoms. The summed E-state index contributed by atoms with van der Waals surface area (Å²) in [4.78, 5) is 21.7. The predicted octanol–water partition coefficient (Wildman–Crippen LogP) is 4.54. The number of pyridine rings is 1. The fourth-order valence-electron chi connectivity index (χ4n) is 3.32. The van der Waals surface area contributed by atoms with Crippen LogP contribution in [0, 0.1) is 0 Å². The zero-order valence-corrected chi connectivity index (χ0v) is 18.1. The van der Waals surface area contributed by atoms with Crippen molar-refractivity contribution >= 4 is 22.5 Å². The van der Waals surface area contributed by atoms with Crippen molar-refractivity contribution in [1.82, 2.24) is 10.3 Å². The van der Waals surface area contributed by atoms with Crippen molar-refractivity contribution in [3.8, 4) is 11.6 Å². The zero-order chi connectivity index (χ0) is 23.0. The average molecular weight is 441 g/mol. The molecule has 3 N–H and O–H groups in total. The molecule has 1 aromatic heterocycles. The highest BCUT2D eigenvalue weighted by atomic mass is 16.6. The van der Waals surface area contributed by atoms with E-state index >= 15 is 0 Å². The lowest BCUT2D eigenvalue weighted by atomic mass is 10.0. The number of amidine groups is 1. The van der Waals surface area contributed by atoms with Crippen LogP contribution in [-0.4, -0.2) is 23.3 Å². The van der Waals surface area contributed by atoms with Gasteiger partial charge in [0.1, 0.15) is 5.75 Å². The molecule has 4 aromatic rings. The molecule has 0 aliphatic heterocycles. The number of para-hydroxylation sites is 1. The largest absolute Gasteiger partial charge is 0.438 e. The van der Waals surface area contributed by atoms with E-state index in [9.17, 15) is 4.79 Å². The van der Waals surface area contributed by atoms with Crippen LogP contribution in [0.15, 0.2) is 96.3 Å². The number of ether oxygens (including phenoxy) is 1. The molecule has 0 fully saturated rings. The van der Waals surface area contributed by atoms with Gasteiger partial charge in [-0.15, -0.1) is 0 Å². The van der Waals surface area contributed by atoms with E-state index in [0.29, 0.717) is 17.2 Å². The quantitative estimate of drug-likeness (QED) is 0.238. The molecule has 7 nitrogen and oxygen atoms in total. The van der Waals surface area contributed by atoms with E-state index in [1.165, 1.54) is 0 Å². The van der Waals surface area contributed by atoms with Crippen LogP contribution in [0.2, 0.25) is 0 Å². The summed E-state index contributed by atoms with van der Waals surface area (Å²) in [5.74, 6) is 0.666. The summed E-state index contributed by atoms with van der Waals surface area (Å²) in [5.41, 5.74) is 7.52. The number of nitrogens with one attached hydrogen (secondary N) is 1. The van der Waals surface area contributed by atoms with Crippen LogP contribution in [0.25, 0.3) is 10.8 Å². The van der Waals surface area contributed by atoms with E-state index in [4.69, 9.17) is 15.3 Å². The second-order valence-electron chi connectivity index (χ2n) is 7.42. The Morgan fingerprint density at radius 3 is 2.58 bits per heavy atom. The Kier molecular flexibility index (Phi) is 6.80. The lowest BCUT2D eigenvalue weighted by molar-refractivity contribution is -0.126. The first-order chi connectivity index (χ1) is 16.1. The fraction of sp³-hybridized carbons (Fsp3) is 0.115. The van der Waals surface area contributed by atoms with Gasteiger partial charge in [0.05, 0.1) is 11.6 Å². The SMILES string of the molecule is CC(NC(=O)CO/N=C(/N)c1cccnc1Oc1ccccc1)c1ccc2ccccc2c1. The Balaban J connectivity index is 1.35. The topological polar surface area (TPSA) is 98.8 Å². The van der Waals surface area contributed by atoms with E-state index in [-0.39, 0.29) is 24.4 Å². The molecule has 0 aliphatic rings. The van der Waals surface area contributed by atoms with Crippen LogP contribution in [0.4, 0.5) is 0 Å². The van der Waals surface area contributed by atoms with E-state index in [1.807, 2.05) is 67.6 Å². The van der Waals surface area contributed by atoms with Crippen LogP contribution >= 0.6 is 0 Å². The minimum atomic E-state index is -0.306. The van der Waals surface area contributed by atoms with Crippen molar-refractivity contribution in [3.63, 3.8) is 0 Å². The Bertz CT molecular complexity index is 1270. The third-order valence-corrected chi connectivity index (χ3v) is 5.01. The summed E-state index contributed by atoms with van der Waals surface area (Å²) in [6, 6.07) is 26.7. The minimum Gasteiger partial charge on any atom is -0.438 e. The summed E-state index contributed by atoms with van der Waals surface area (Å²) < 4.78 is 5.78. The smallest absolute Gasteiger partial charge is 0.261 e. The van der Waals surface area contributed by atoms with Crippen molar-refractivity contribution in [2.24, 2.45) is 10.9 Å². The van der Waals surface area contributed by atoms with Gasteiger partial charge in [-0.25, -0.2) is 4.98 Å². The highest BCUT2D eigenvalue weighted by Crippen LogP contribution is 2.22. The molecule has 166 valence electrons. The molecule has 3 aromatic carbocycles. The Morgan fingerprint density at radius 1 is 1.00 bits per heavy atom. The number of carbonyl (C=O) groups excluding carboxylic acids is 1. The first kappa shape index (κ1) is 21.8. The summed E-state index contributed by atoms with van der Waals surface area (Å²) in [7, 11) is 0. The third-order valence-electron chi connectivity index (χ3n) is 5.01. The molecule has 0 aliphatic carbocycles. The van der Waals surface area contributed by atoms with Crippen molar-refractivity contribution in [2.45, 2.75) is 13.0 Å². The third kappa shape index (κ3) is 5.65. The molecule has 4 rings (SSSR count). The predicted molar refractivity (Wildman–Crippen MR) is 128 cm³/mol. The number of hydrogen-bond donors (Lipinski definition) is 2. The maximum Gasteiger partial charge on any atom is 0.261 e. The van der Waals surface area contributed by atoms with E-state index < -0.39 is 0 Å². The monoisotopic (exact) mass is 440 g/mol. The number of rotatable bonds is 8. The van der Waals surface area contributed by atoms with E-state index in [1.54, 1.807) is 18.3 Å². The minimum absolute atomic E-state index is 0.0596. The molecular formula is C26H24N4O3. The molecule has 0 radical (unpaired) electrons. The Hall–Kier alpha value is -4.39. The van der Waals surface area contributed by atoms with Gasteiger partial charge in [-0.05, 0) is 53.6 Å². The Morgan fingerprint density at radius 2 is 1.76 bits per heavy atom. The van der Waals surface area contributed by atoms with Gasteiger partial charge in [0.2, 0.25) is 5.88 Å². The lowest BCUT2D eigenvalue weighted by Crippen LogP contribution is -2.30. The number of oxime groups is 1. The molecule has 0 spiro atoms. The molecular weight excluding hydrogens is 416 g/mol. The normalized spacial score (nSPS) is 12.2. The van der Waals surface area contributed by atoms with Gasteiger partial charge < -0.3 is 20.6 Å².